The van der Waals surface area contributed by atoms with Crippen LogP contribution in [0.25, 0.3) is 11.3 Å². The average Bonchev–Trinajstić information content (AvgIpc) is 3.07. The number of likely N-dealkylation sites (N-methyl/N-ethyl adjacent to an activating group) is 1. The van der Waals surface area contributed by atoms with Gasteiger partial charge in [-0.15, -0.1) is 10.2 Å². The topological polar surface area (TPSA) is 61.3 Å². The van der Waals surface area contributed by atoms with E-state index in [1.807, 2.05) is 0 Å². The van der Waals surface area contributed by atoms with Gasteiger partial charge in [-0.3, -0.25) is 4.90 Å². The van der Waals surface area contributed by atoms with Gasteiger partial charge in [0.25, 0.3) is 0 Å². The smallest absolute Gasteiger partial charge is 0.416 e. The molecule has 2 aromatic rings. The quantitative estimate of drug-likeness (QED) is 0.819. The number of halogens is 3. The van der Waals surface area contributed by atoms with E-state index in [4.69, 9.17) is 0 Å². The second kappa shape index (κ2) is 7.72. The Morgan fingerprint density at radius 2 is 2.04 bits per heavy atom. The zero-order chi connectivity index (χ0) is 19.6. The molecule has 1 aliphatic rings. The standard InChI is InChI=1S/C19H23F3N4O/c1-3-26-8-4-5-14(26)11-23-17-7-6-15(24-25-17)18-12(2)9-13(10-16(18)27)19(20,21)22/h6-7,9-10,14,27H,3-5,8,11H2,1-2H3,(H,23,25)/t14-/m0/s1. The molecule has 2 heterocycles. The van der Waals surface area contributed by atoms with E-state index in [1.54, 1.807) is 12.1 Å². The zero-order valence-electron chi connectivity index (χ0n) is 15.3. The Labute approximate surface area is 156 Å². The number of hydrogen-bond donors (Lipinski definition) is 2. The minimum Gasteiger partial charge on any atom is -0.507 e. The first-order chi connectivity index (χ1) is 12.8. The first-order valence-electron chi connectivity index (χ1n) is 9.02. The number of hydrogen-bond acceptors (Lipinski definition) is 5. The minimum absolute atomic E-state index is 0.259. The Balaban J connectivity index is 1.74. The van der Waals surface area contributed by atoms with Gasteiger partial charge >= 0.3 is 6.18 Å². The summed E-state index contributed by atoms with van der Waals surface area (Å²) < 4.78 is 38.6. The summed E-state index contributed by atoms with van der Waals surface area (Å²) in [5.41, 5.74) is 0.00161. The summed E-state index contributed by atoms with van der Waals surface area (Å²) in [5.74, 6) is 0.146. The van der Waals surface area contributed by atoms with Gasteiger partial charge in [0, 0.05) is 18.2 Å². The van der Waals surface area contributed by atoms with Gasteiger partial charge in [-0.25, -0.2) is 0 Å². The second-order valence-corrected chi connectivity index (χ2v) is 6.79. The Bertz CT molecular complexity index is 770. The van der Waals surface area contributed by atoms with Crippen molar-refractivity contribution in [3.8, 4) is 17.0 Å². The molecule has 8 heteroatoms. The molecule has 1 aromatic heterocycles. The molecular formula is C19H23F3N4O. The maximum Gasteiger partial charge on any atom is 0.416 e. The van der Waals surface area contributed by atoms with Gasteiger partial charge < -0.3 is 10.4 Å². The molecule has 2 N–H and O–H groups in total. The van der Waals surface area contributed by atoms with Crippen molar-refractivity contribution in [3.63, 3.8) is 0 Å². The van der Waals surface area contributed by atoms with Crippen LogP contribution in [0.3, 0.4) is 0 Å². The zero-order valence-corrected chi connectivity index (χ0v) is 15.3. The molecule has 27 heavy (non-hydrogen) atoms. The molecule has 0 saturated carbocycles. The van der Waals surface area contributed by atoms with Crippen LogP contribution in [0.5, 0.6) is 5.75 Å². The molecule has 0 spiro atoms. The van der Waals surface area contributed by atoms with Crippen LogP contribution in [0, 0.1) is 6.92 Å². The van der Waals surface area contributed by atoms with E-state index < -0.39 is 17.5 Å². The predicted molar refractivity (Wildman–Crippen MR) is 97.6 cm³/mol. The largest absolute Gasteiger partial charge is 0.507 e. The highest BCUT2D eigenvalue weighted by Gasteiger charge is 2.32. The Morgan fingerprint density at radius 1 is 1.26 bits per heavy atom. The number of phenolic OH excluding ortho intramolecular Hbond substituents is 1. The number of alkyl halides is 3. The average molecular weight is 380 g/mol. The molecule has 0 aliphatic carbocycles. The fourth-order valence-corrected chi connectivity index (χ4v) is 3.59. The van der Waals surface area contributed by atoms with Gasteiger partial charge in [-0.1, -0.05) is 6.92 Å². The summed E-state index contributed by atoms with van der Waals surface area (Å²) in [6, 6.07) is 5.57. The fourth-order valence-electron chi connectivity index (χ4n) is 3.59. The van der Waals surface area contributed by atoms with Crippen molar-refractivity contribution >= 4 is 5.82 Å². The molecule has 1 aliphatic heterocycles. The highest BCUT2D eigenvalue weighted by atomic mass is 19.4. The molecule has 3 rings (SSSR count). The number of nitrogens with zero attached hydrogens (tertiary/aromatic N) is 3. The lowest BCUT2D eigenvalue weighted by atomic mass is 10.0. The van der Waals surface area contributed by atoms with E-state index in [2.05, 4.69) is 27.3 Å². The molecule has 0 amide bonds. The molecule has 1 aromatic carbocycles. The molecule has 1 saturated heterocycles. The number of anilines is 1. The number of aryl methyl sites for hydroxylation is 1. The Morgan fingerprint density at radius 3 is 2.63 bits per heavy atom. The third kappa shape index (κ3) is 4.32. The normalized spacial score (nSPS) is 18.0. The fraction of sp³-hybridized carbons (Fsp3) is 0.474. The highest BCUT2D eigenvalue weighted by Crippen LogP contribution is 2.38. The SMILES string of the molecule is CCN1CCC[C@H]1CNc1ccc(-c2c(C)cc(C(F)(F)F)cc2O)nn1. The molecular weight excluding hydrogens is 357 g/mol. The van der Waals surface area contributed by atoms with Gasteiger partial charge in [-0.05, 0) is 62.7 Å². The Kier molecular flexibility index (Phi) is 5.55. The third-order valence-electron chi connectivity index (χ3n) is 4.99. The van der Waals surface area contributed by atoms with E-state index >= 15 is 0 Å². The number of aromatic hydroxyl groups is 1. The van der Waals surface area contributed by atoms with Crippen LogP contribution in [0.4, 0.5) is 19.0 Å². The summed E-state index contributed by atoms with van der Waals surface area (Å²) in [6.07, 6.45) is -2.17. The number of rotatable bonds is 5. The molecule has 0 bridgehead atoms. The summed E-state index contributed by atoms with van der Waals surface area (Å²) in [4.78, 5) is 2.42. The van der Waals surface area contributed by atoms with Crippen molar-refractivity contribution in [3.05, 3.63) is 35.4 Å². The van der Waals surface area contributed by atoms with Gasteiger partial charge in [0.1, 0.15) is 11.6 Å². The second-order valence-electron chi connectivity index (χ2n) is 6.79. The minimum atomic E-state index is -4.51. The highest BCUT2D eigenvalue weighted by molar-refractivity contribution is 5.71. The van der Waals surface area contributed by atoms with E-state index in [1.165, 1.54) is 13.3 Å². The van der Waals surface area contributed by atoms with Crippen LogP contribution >= 0.6 is 0 Å². The van der Waals surface area contributed by atoms with Crippen LogP contribution in [-0.4, -0.2) is 45.9 Å². The van der Waals surface area contributed by atoms with Gasteiger partial charge in [-0.2, -0.15) is 13.2 Å². The Hall–Kier alpha value is -2.35. The summed E-state index contributed by atoms with van der Waals surface area (Å²) in [5, 5.41) is 21.5. The van der Waals surface area contributed by atoms with Crippen molar-refractivity contribution in [2.75, 3.05) is 25.0 Å². The summed E-state index contributed by atoms with van der Waals surface area (Å²) >= 11 is 0. The number of benzene rings is 1. The molecule has 146 valence electrons. The lowest BCUT2D eigenvalue weighted by molar-refractivity contribution is -0.137. The van der Waals surface area contributed by atoms with E-state index in [-0.39, 0.29) is 5.56 Å². The monoisotopic (exact) mass is 380 g/mol. The van der Waals surface area contributed by atoms with Crippen LogP contribution < -0.4 is 5.32 Å². The number of likely N-dealkylation sites (tertiary alicyclic amines) is 1. The third-order valence-corrected chi connectivity index (χ3v) is 4.99. The number of nitrogens with one attached hydrogen (secondary N) is 1. The molecule has 0 radical (unpaired) electrons. The first-order valence-corrected chi connectivity index (χ1v) is 9.02. The van der Waals surface area contributed by atoms with Crippen LogP contribution in [0.2, 0.25) is 0 Å². The van der Waals surface area contributed by atoms with Crippen LogP contribution in [0.1, 0.15) is 30.9 Å². The maximum atomic E-state index is 12.9. The van der Waals surface area contributed by atoms with E-state index in [0.717, 1.165) is 38.2 Å². The molecule has 5 nitrogen and oxygen atoms in total. The first kappa shape index (κ1) is 19.4. The summed E-state index contributed by atoms with van der Waals surface area (Å²) in [7, 11) is 0. The van der Waals surface area contributed by atoms with E-state index in [0.29, 0.717) is 23.1 Å². The van der Waals surface area contributed by atoms with Crippen molar-refractivity contribution in [1.82, 2.24) is 15.1 Å². The summed E-state index contributed by atoms with van der Waals surface area (Å²) in [6.45, 7) is 6.55. The lowest BCUT2D eigenvalue weighted by Gasteiger charge is -2.23. The van der Waals surface area contributed by atoms with Crippen LogP contribution in [-0.2, 0) is 6.18 Å². The van der Waals surface area contributed by atoms with E-state index in [9.17, 15) is 18.3 Å². The predicted octanol–water partition coefficient (Wildman–Crippen LogP) is 4.07. The van der Waals surface area contributed by atoms with Crippen molar-refractivity contribution < 1.29 is 18.3 Å². The van der Waals surface area contributed by atoms with Crippen molar-refractivity contribution in [1.29, 1.82) is 0 Å². The maximum absolute atomic E-state index is 12.9. The van der Waals surface area contributed by atoms with Crippen molar-refractivity contribution in [2.45, 2.75) is 38.9 Å². The molecule has 1 fully saturated rings. The van der Waals surface area contributed by atoms with Gasteiger partial charge in [0.05, 0.1) is 11.3 Å². The van der Waals surface area contributed by atoms with Crippen molar-refractivity contribution in [2.24, 2.45) is 0 Å². The number of aromatic nitrogens is 2. The number of phenols is 1. The van der Waals surface area contributed by atoms with Crippen LogP contribution in [0.15, 0.2) is 24.3 Å². The van der Waals surface area contributed by atoms with Gasteiger partial charge in [0.2, 0.25) is 0 Å². The van der Waals surface area contributed by atoms with Gasteiger partial charge in [0.15, 0.2) is 0 Å². The molecule has 0 unspecified atom stereocenters. The molecule has 1 atom stereocenters. The lowest BCUT2D eigenvalue weighted by Crippen LogP contribution is -2.34.